The molecule has 6 aliphatic rings. The number of hydrogen-bond acceptors (Lipinski definition) is 7. The van der Waals surface area contributed by atoms with Crippen LogP contribution in [0.25, 0.3) is 22.7 Å². The summed E-state index contributed by atoms with van der Waals surface area (Å²) in [7, 11) is 0. The fourth-order valence-corrected chi connectivity index (χ4v) is 13.6. The summed E-state index contributed by atoms with van der Waals surface area (Å²) in [6, 6.07) is 7.93. The number of benzene rings is 1. The standard InChI is InChI=1S/C44H56N4O4/c1-23(2)37-34(50)21-44(41-48-47-40(52-41)39-45-32-10-8-9-11-33(32)46-39)19-15-31-28(38(37)44)12-13-36-42(6)18-16-35(25(4)30(42)14-17-43(31,36)7)51-26(5)29-20-27(22-49)24(29)3/h8-11,22-25,27-31,35-36H,5,12-21H2,1-4,6-7H3,(H,45,46). The monoisotopic (exact) mass is 704 g/mol. The first-order valence-electron chi connectivity index (χ1n) is 20.3. The lowest BCUT2D eigenvalue weighted by Crippen LogP contribution is -2.60. The Kier molecular flexibility index (Phi) is 7.89. The van der Waals surface area contributed by atoms with Crippen LogP contribution in [0, 0.1) is 64.1 Å². The maximum atomic E-state index is 14.1. The van der Waals surface area contributed by atoms with E-state index in [2.05, 4.69) is 58.2 Å². The predicted molar refractivity (Wildman–Crippen MR) is 200 cm³/mol. The molecular weight excluding hydrogens is 649 g/mol. The molecule has 5 fully saturated rings. The number of carbonyl (C=O) groups excluding carboxylic acids is 2. The minimum atomic E-state index is -0.532. The first kappa shape index (κ1) is 34.2. The van der Waals surface area contributed by atoms with Gasteiger partial charge in [-0.2, -0.15) is 0 Å². The van der Waals surface area contributed by atoms with Gasteiger partial charge >= 0.3 is 0 Å². The molecule has 2 heterocycles. The normalized spacial score (nSPS) is 41.2. The molecule has 0 saturated heterocycles. The summed E-state index contributed by atoms with van der Waals surface area (Å²) in [6.45, 7) is 18.6. The SMILES string of the molecule is C=C(OC1CCC2(C)C(CCC3(C)C4CCC5(c6nnc(-c7nc8ccccc8[nH]7)o6)CC(=O)C(C(C)C)=C5C4CCC32)C1C)C1CC(C=O)C1C. The number of aromatic nitrogens is 4. The number of fused-ring (bicyclic) bond motifs is 8. The molecule has 12 unspecified atom stereocenters. The second-order valence-electron chi connectivity index (χ2n) is 18.7. The van der Waals surface area contributed by atoms with E-state index in [4.69, 9.17) is 19.2 Å². The minimum Gasteiger partial charge on any atom is -0.495 e. The molecule has 0 amide bonds. The van der Waals surface area contributed by atoms with Crippen LogP contribution < -0.4 is 0 Å². The van der Waals surface area contributed by atoms with Crippen LogP contribution in [0.5, 0.6) is 0 Å². The topological polar surface area (TPSA) is 111 Å². The van der Waals surface area contributed by atoms with Crippen molar-refractivity contribution >= 4 is 23.1 Å². The van der Waals surface area contributed by atoms with Crippen molar-refractivity contribution in [1.82, 2.24) is 20.2 Å². The Hall–Kier alpha value is -3.55. The third-order valence-electron chi connectivity index (χ3n) is 16.3. The first-order chi connectivity index (χ1) is 24.9. The van der Waals surface area contributed by atoms with Crippen molar-refractivity contribution in [3.63, 3.8) is 0 Å². The number of H-pyrrole nitrogens is 1. The van der Waals surface area contributed by atoms with Crippen LogP contribution in [-0.4, -0.2) is 38.3 Å². The Morgan fingerprint density at radius 1 is 1.00 bits per heavy atom. The summed E-state index contributed by atoms with van der Waals surface area (Å²) in [5.41, 5.74) is 4.09. The van der Waals surface area contributed by atoms with E-state index < -0.39 is 5.41 Å². The van der Waals surface area contributed by atoms with Gasteiger partial charge in [-0.25, -0.2) is 4.98 Å². The summed E-state index contributed by atoms with van der Waals surface area (Å²) < 4.78 is 13.3. The number of ether oxygens (including phenoxy) is 1. The fourth-order valence-electron chi connectivity index (χ4n) is 13.6. The third-order valence-corrected chi connectivity index (χ3v) is 16.3. The van der Waals surface area contributed by atoms with Crippen molar-refractivity contribution in [1.29, 1.82) is 0 Å². The number of hydrogen-bond donors (Lipinski definition) is 1. The summed E-state index contributed by atoms with van der Waals surface area (Å²) in [4.78, 5) is 33.6. The number of imidazole rings is 1. The van der Waals surface area contributed by atoms with Gasteiger partial charge in [-0.15, -0.1) is 10.2 Å². The Morgan fingerprint density at radius 2 is 1.75 bits per heavy atom. The van der Waals surface area contributed by atoms with Gasteiger partial charge in [-0.05, 0) is 133 Å². The highest BCUT2D eigenvalue weighted by molar-refractivity contribution is 6.01. The van der Waals surface area contributed by atoms with Gasteiger partial charge in [0, 0.05) is 18.3 Å². The molecule has 9 rings (SSSR count). The molecule has 12 atom stereocenters. The van der Waals surface area contributed by atoms with Gasteiger partial charge in [0.15, 0.2) is 11.6 Å². The number of Topliss-reactive ketones (excluding diaryl/α,β-unsaturated/α-hetero) is 1. The van der Waals surface area contributed by atoms with Crippen LogP contribution >= 0.6 is 0 Å². The Balaban J connectivity index is 0.991. The molecule has 5 saturated carbocycles. The molecule has 0 bridgehead atoms. The second-order valence-corrected chi connectivity index (χ2v) is 18.7. The summed E-state index contributed by atoms with van der Waals surface area (Å²) in [5, 5.41) is 9.25. The van der Waals surface area contributed by atoms with Gasteiger partial charge in [0.05, 0.1) is 22.2 Å². The number of nitrogens with one attached hydrogen (secondary N) is 1. The van der Waals surface area contributed by atoms with Gasteiger partial charge in [0.25, 0.3) is 5.89 Å². The summed E-state index contributed by atoms with van der Waals surface area (Å²) in [6.07, 6.45) is 11.6. The number of aldehydes is 1. The molecule has 8 heteroatoms. The Bertz CT molecular complexity index is 1940. The fraction of sp³-hybridized carbons (Fsp3) is 0.659. The van der Waals surface area contributed by atoms with Crippen LogP contribution in [0.4, 0.5) is 0 Å². The molecular formula is C44H56N4O4. The number of para-hydroxylation sites is 2. The summed E-state index contributed by atoms with van der Waals surface area (Å²) in [5.74, 6) is 6.26. The third kappa shape index (κ3) is 4.73. The van der Waals surface area contributed by atoms with E-state index in [9.17, 15) is 9.59 Å². The largest absolute Gasteiger partial charge is 0.495 e. The highest BCUT2D eigenvalue weighted by Gasteiger charge is 2.66. The number of rotatable bonds is 7. The molecule has 6 aliphatic carbocycles. The quantitative estimate of drug-likeness (QED) is 0.193. The van der Waals surface area contributed by atoms with Crippen LogP contribution in [0.1, 0.15) is 112 Å². The van der Waals surface area contributed by atoms with E-state index in [-0.39, 0.29) is 34.6 Å². The molecule has 2 aromatic heterocycles. The van der Waals surface area contributed by atoms with Crippen molar-refractivity contribution in [3.8, 4) is 11.7 Å². The molecule has 52 heavy (non-hydrogen) atoms. The number of aromatic amines is 1. The number of ketones is 1. The molecule has 276 valence electrons. The average Bonchev–Trinajstić information content (AvgIpc) is 3.85. The van der Waals surface area contributed by atoms with Crippen LogP contribution in [0.2, 0.25) is 0 Å². The first-order valence-corrected chi connectivity index (χ1v) is 20.3. The molecule has 0 aliphatic heterocycles. The average molecular weight is 705 g/mol. The van der Waals surface area contributed by atoms with Crippen molar-refractivity contribution in [2.24, 2.45) is 64.1 Å². The maximum Gasteiger partial charge on any atom is 0.283 e. The van der Waals surface area contributed by atoms with Gasteiger partial charge < -0.3 is 18.9 Å². The zero-order chi connectivity index (χ0) is 36.3. The maximum absolute atomic E-state index is 14.1. The van der Waals surface area contributed by atoms with Crippen molar-refractivity contribution in [2.45, 2.75) is 117 Å². The van der Waals surface area contributed by atoms with Gasteiger partial charge in [0.1, 0.15) is 12.4 Å². The van der Waals surface area contributed by atoms with Crippen molar-refractivity contribution in [2.75, 3.05) is 0 Å². The Morgan fingerprint density at radius 3 is 2.50 bits per heavy atom. The molecule has 8 nitrogen and oxygen atoms in total. The van der Waals surface area contributed by atoms with E-state index in [1.807, 2.05) is 24.3 Å². The van der Waals surface area contributed by atoms with Crippen LogP contribution in [0.3, 0.4) is 0 Å². The van der Waals surface area contributed by atoms with Gasteiger partial charge in [0.2, 0.25) is 5.89 Å². The highest BCUT2D eigenvalue weighted by Crippen LogP contribution is 2.72. The van der Waals surface area contributed by atoms with Gasteiger partial charge in [-0.1, -0.05) is 60.3 Å². The van der Waals surface area contributed by atoms with E-state index in [0.29, 0.717) is 65.5 Å². The molecule has 1 N–H and O–H groups in total. The lowest BCUT2D eigenvalue weighted by atomic mass is 9.38. The molecule has 1 aromatic carbocycles. The Labute approximate surface area is 308 Å². The zero-order valence-electron chi connectivity index (χ0n) is 31.9. The number of carbonyl (C=O) groups is 2. The smallest absolute Gasteiger partial charge is 0.283 e. The second kappa shape index (κ2) is 12.0. The molecule has 0 spiro atoms. The molecule has 3 aromatic rings. The van der Waals surface area contributed by atoms with E-state index in [0.717, 1.165) is 60.8 Å². The number of nitrogens with zero attached hydrogens (tertiary/aromatic N) is 3. The van der Waals surface area contributed by atoms with E-state index >= 15 is 0 Å². The van der Waals surface area contributed by atoms with Crippen molar-refractivity contribution in [3.05, 3.63) is 53.6 Å². The van der Waals surface area contributed by atoms with E-state index in [1.165, 1.54) is 31.3 Å². The highest BCUT2D eigenvalue weighted by atomic mass is 16.5. The number of allylic oxidation sites excluding steroid dienone is 3. The van der Waals surface area contributed by atoms with Crippen LogP contribution in [-0.2, 0) is 19.7 Å². The zero-order valence-corrected chi connectivity index (χ0v) is 31.9. The molecule has 0 radical (unpaired) electrons. The summed E-state index contributed by atoms with van der Waals surface area (Å²) >= 11 is 0. The predicted octanol–water partition coefficient (Wildman–Crippen LogP) is 9.43. The van der Waals surface area contributed by atoms with E-state index in [1.54, 1.807) is 0 Å². The lowest BCUT2D eigenvalue weighted by Gasteiger charge is -2.67. The van der Waals surface area contributed by atoms with Crippen LogP contribution in [0.15, 0.2) is 52.2 Å². The minimum absolute atomic E-state index is 0.149. The van der Waals surface area contributed by atoms with Crippen molar-refractivity contribution < 1.29 is 18.7 Å². The lowest BCUT2D eigenvalue weighted by molar-refractivity contribution is -0.181. The van der Waals surface area contributed by atoms with Gasteiger partial charge in [-0.3, -0.25) is 4.79 Å².